The number of aromatic nitrogens is 1. The quantitative estimate of drug-likeness (QED) is 0.804. The van der Waals surface area contributed by atoms with Crippen LogP contribution in [0, 0.1) is 28.6 Å². The van der Waals surface area contributed by atoms with Crippen molar-refractivity contribution in [3.05, 3.63) is 40.2 Å². The number of fused-ring (bicyclic) bond motifs is 1. The molecule has 1 aliphatic heterocycles. The highest BCUT2D eigenvalue weighted by molar-refractivity contribution is 5.95. The van der Waals surface area contributed by atoms with Crippen LogP contribution in [0.15, 0.2) is 29.1 Å². The van der Waals surface area contributed by atoms with E-state index < -0.39 is 0 Å². The Kier molecular flexibility index (Phi) is 4.17. The first-order valence-corrected chi connectivity index (χ1v) is 7.56. The summed E-state index contributed by atoms with van der Waals surface area (Å²) in [6.07, 6.45) is 0.0112. The standard InChI is InChI=1S/C17H15N5O2/c18-6-5-13-15(12-3-1-2-4-14(12)21-17(13)24)22-9-11(10-22)16(23)20-8-7-19/h1-4,11H,5,8-10H2,(H,20,23)(H,21,24). The van der Waals surface area contributed by atoms with Gasteiger partial charge in [-0.2, -0.15) is 10.5 Å². The van der Waals surface area contributed by atoms with E-state index in [4.69, 9.17) is 10.5 Å². The largest absolute Gasteiger partial charge is 0.369 e. The molecule has 7 nitrogen and oxygen atoms in total. The fraction of sp³-hybridized carbons (Fsp3) is 0.294. The van der Waals surface area contributed by atoms with Gasteiger partial charge in [-0.25, -0.2) is 0 Å². The first-order valence-electron chi connectivity index (χ1n) is 7.56. The van der Waals surface area contributed by atoms with Gasteiger partial charge >= 0.3 is 0 Å². The normalized spacial score (nSPS) is 13.8. The third kappa shape index (κ3) is 2.68. The Labute approximate surface area is 138 Å². The first-order chi connectivity index (χ1) is 11.7. The van der Waals surface area contributed by atoms with E-state index in [2.05, 4.69) is 10.3 Å². The molecule has 2 heterocycles. The lowest BCUT2D eigenvalue weighted by Crippen LogP contribution is -2.54. The lowest BCUT2D eigenvalue weighted by atomic mass is 9.95. The van der Waals surface area contributed by atoms with Crippen molar-refractivity contribution in [1.29, 1.82) is 10.5 Å². The number of benzene rings is 1. The van der Waals surface area contributed by atoms with Crippen LogP contribution in [-0.2, 0) is 11.2 Å². The zero-order valence-corrected chi connectivity index (χ0v) is 12.9. The van der Waals surface area contributed by atoms with Crippen LogP contribution in [0.5, 0.6) is 0 Å². The van der Waals surface area contributed by atoms with Gasteiger partial charge in [0, 0.05) is 18.5 Å². The summed E-state index contributed by atoms with van der Waals surface area (Å²) in [4.78, 5) is 28.9. The van der Waals surface area contributed by atoms with E-state index in [0.29, 0.717) is 24.2 Å². The second-order valence-corrected chi connectivity index (χ2v) is 5.64. The summed E-state index contributed by atoms with van der Waals surface area (Å²) in [6, 6.07) is 11.3. The van der Waals surface area contributed by atoms with E-state index >= 15 is 0 Å². The fourth-order valence-corrected chi connectivity index (χ4v) is 2.97. The number of nitrogens with one attached hydrogen (secondary N) is 2. The van der Waals surface area contributed by atoms with Gasteiger partial charge in [0.1, 0.15) is 6.54 Å². The lowest BCUT2D eigenvalue weighted by Gasteiger charge is -2.41. The van der Waals surface area contributed by atoms with Gasteiger partial charge < -0.3 is 15.2 Å². The molecule has 1 aromatic carbocycles. The molecule has 3 rings (SSSR count). The number of nitrogens with zero attached hydrogens (tertiary/aromatic N) is 3. The van der Waals surface area contributed by atoms with Crippen molar-refractivity contribution in [1.82, 2.24) is 10.3 Å². The van der Waals surface area contributed by atoms with Crippen LogP contribution in [0.2, 0.25) is 0 Å². The summed E-state index contributed by atoms with van der Waals surface area (Å²) in [6.45, 7) is 0.912. The zero-order chi connectivity index (χ0) is 17.1. The first kappa shape index (κ1) is 15.6. The average Bonchev–Trinajstić information content (AvgIpc) is 2.54. The number of hydrogen-bond donors (Lipinski definition) is 2. The Morgan fingerprint density at radius 3 is 2.75 bits per heavy atom. The van der Waals surface area contributed by atoms with E-state index in [0.717, 1.165) is 11.1 Å². The SMILES string of the molecule is N#CCNC(=O)C1CN(c2c(CC#N)c(=O)[nH]c3ccccc23)C1. The third-order valence-corrected chi connectivity index (χ3v) is 4.16. The number of nitriles is 2. The number of anilines is 1. The van der Waals surface area contributed by atoms with Crippen LogP contribution < -0.4 is 15.8 Å². The highest BCUT2D eigenvalue weighted by Crippen LogP contribution is 2.33. The third-order valence-electron chi connectivity index (χ3n) is 4.16. The topological polar surface area (TPSA) is 113 Å². The maximum absolute atomic E-state index is 12.3. The number of carbonyl (C=O) groups is 1. The van der Waals surface area contributed by atoms with E-state index in [1.165, 1.54) is 0 Å². The van der Waals surface area contributed by atoms with Crippen molar-refractivity contribution >= 4 is 22.5 Å². The molecule has 0 aliphatic carbocycles. The van der Waals surface area contributed by atoms with Crippen molar-refractivity contribution in [3.63, 3.8) is 0 Å². The summed E-state index contributed by atoms with van der Waals surface area (Å²) in [5.74, 6) is -0.380. The predicted octanol–water partition coefficient (Wildman–Crippen LogP) is 0.670. The monoisotopic (exact) mass is 321 g/mol. The number of carbonyl (C=O) groups excluding carboxylic acids is 1. The second kappa shape index (κ2) is 6.43. The predicted molar refractivity (Wildman–Crippen MR) is 88.2 cm³/mol. The highest BCUT2D eigenvalue weighted by Gasteiger charge is 2.35. The molecule has 1 fully saturated rings. The maximum atomic E-state index is 12.3. The molecule has 0 atom stereocenters. The Hall–Kier alpha value is -3.32. The molecule has 1 saturated heterocycles. The van der Waals surface area contributed by atoms with Gasteiger partial charge in [-0.3, -0.25) is 9.59 Å². The molecular formula is C17H15N5O2. The average molecular weight is 321 g/mol. The van der Waals surface area contributed by atoms with E-state index in [-0.39, 0.29) is 30.3 Å². The van der Waals surface area contributed by atoms with Gasteiger partial charge in [-0.1, -0.05) is 18.2 Å². The number of amides is 1. The van der Waals surface area contributed by atoms with Crippen molar-refractivity contribution in [2.75, 3.05) is 24.5 Å². The Balaban J connectivity index is 1.94. The van der Waals surface area contributed by atoms with Crippen LogP contribution in [0.3, 0.4) is 0 Å². The van der Waals surface area contributed by atoms with E-state index in [9.17, 15) is 9.59 Å². The van der Waals surface area contributed by atoms with Crippen LogP contribution >= 0.6 is 0 Å². The molecule has 0 spiro atoms. The smallest absolute Gasteiger partial charge is 0.254 e. The van der Waals surface area contributed by atoms with Crippen LogP contribution in [0.25, 0.3) is 10.9 Å². The van der Waals surface area contributed by atoms with Gasteiger partial charge in [0.2, 0.25) is 5.91 Å². The van der Waals surface area contributed by atoms with Gasteiger partial charge in [0.15, 0.2) is 0 Å². The van der Waals surface area contributed by atoms with Gasteiger partial charge in [0.25, 0.3) is 5.56 Å². The number of pyridine rings is 1. The van der Waals surface area contributed by atoms with Crippen molar-refractivity contribution < 1.29 is 4.79 Å². The van der Waals surface area contributed by atoms with E-state index in [1.807, 2.05) is 41.3 Å². The Morgan fingerprint density at radius 2 is 2.04 bits per heavy atom. The fourth-order valence-electron chi connectivity index (χ4n) is 2.97. The molecule has 2 N–H and O–H groups in total. The van der Waals surface area contributed by atoms with E-state index in [1.54, 1.807) is 0 Å². The summed E-state index contributed by atoms with van der Waals surface area (Å²) in [7, 11) is 0. The van der Waals surface area contributed by atoms with Crippen molar-refractivity contribution in [2.45, 2.75) is 6.42 Å². The maximum Gasteiger partial charge on any atom is 0.254 e. The van der Waals surface area contributed by atoms with Crippen molar-refractivity contribution in [3.8, 4) is 12.1 Å². The lowest BCUT2D eigenvalue weighted by molar-refractivity contribution is -0.125. The molecule has 1 aromatic heterocycles. The Bertz CT molecular complexity index is 929. The molecule has 2 aromatic rings. The van der Waals surface area contributed by atoms with Crippen LogP contribution in [0.1, 0.15) is 5.56 Å². The molecule has 1 aliphatic rings. The Morgan fingerprint density at radius 1 is 1.29 bits per heavy atom. The van der Waals surface area contributed by atoms with Gasteiger partial charge in [-0.05, 0) is 6.07 Å². The number of hydrogen-bond acceptors (Lipinski definition) is 5. The second-order valence-electron chi connectivity index (χ2n) is 5.64. The number of H-pyrrole nitrogens is 1. The molecule has 120 valence electrons. The minimum atomic E-state index is -0.275. The van der Waals surface area contributed by atoms with Gasteiger partial charge in [-0.15, -0.1) is 0 Å². The summed E-state index contributed by atoms with van der Waals surface area (Å²) < 4.78 is 0. The number of para-hydroxylation sites is 1. The molecular weight excluding hydrogens is 306 g/mol. The van der Waals surface area contributed by atoms with Crippen LogP contribution in [0.4, 0.5) is 5.69 Å². The molecule has 24 heavy (non-hydrogen) atoms. The summed E-state index contributed by atoms with van der Waals surface area (Å²) >= 11 is 0. The molecule has 0 radical (unpaired) electrons. The number of aromatic amines is 1. The summed E-state index contributed by atoms with van der Waals surface area (Å²) in [5.41, 5.74) is 1.58. The molecule has 1 amide bonds. The minimum Gasteiger partial charge on any atom is -0.369 e. The summed E-state index contributed by atoms with van der Waals surface area (Å²) in [5, 5.41) is 21.0. The van der Waals surface area contributed by atoms with Crippen molar-refractivity contribution in [2.24, 2.45) is 5.92 Å². The molecule has 0 bridgehead atoms. The van der Waals surface area contributed by atoms with Gasteiger partial charge in [0.05, 0.1) is 41.2 Å². The number of rotatable bonds is 4. The molecule has 0 saturated carbocycles. The highest BCUT2D eigenvalue weighted by atomic mass is 16.2. The molecule has 7 heteroatoms. The zero-order valence-electron chi connectivity index (χ0n) is 12.9. The minimum absolute atomic E-state index is 0.0110. The molecule has 0 unspecified atom stereocenters. The van der Waals surface area contributed by atoms with Crippen LogP contribution in [-0.4, -0.2) is 30.5 Å².